The van der Waals surface area contributed by atoms with Gasteiger partial charge in [-0.3, -0.25) is 5.43 Å². The number of hydrogen-bond donors (Lipinski definition) is 1. The number of anilines is 1. The largest absolute Gasteiger partial charge is 0.465 e. The van der Waals surface area contributed by atoms with Crippen molar-refractivity contribution >= 4 is 50.1 Å². The van der Waals surface area contributed by atoms with E-state index in [0.717, 1.165) is 10.6 Å². The minimum Gasteiger partial charge on any atom is -0.465 e. The number of nitrogens with zero attached hydrogens (tertiary/aromatic N) is 1. The molecule has 112 valence electrons. The van der Waals surface area contributed by atoms with E-state index < -0.39 is 0 Å². The van der Waals surface area contributed by atoms with Crippen LogP contribution in [0.1, 0.15) is 21.5 Å². The molecule has 6 heteroatoms. The molecule has 0 fully saturated rings. The highest BCUT2D eigenvalue weighted by Gasteiger charge is 2.13. The molecule has 4 nitrogen and oxygen atoms in total. The standard InChI is InChI=1S/C16H14N2O2S2/c1-10(14-9-11-5-3-4-6-13(11)22-14)17-18-12-7-8-21-15(12)16(19)20-2/h3-9,18H,1-2H3/b17-10-. The minimum atomic E-state index is -0.354. The first-order chi connectivity index (χ1) is 10.7. The predicted molar refractivity (Wildman–Crippen MR) is 93.3 cm³/mol. The molecule has 0 atom stereocenters. The van der Waals surface area contributed by atoms with Crippen LogP contribution in [-0.2, 0) is 4.74 Å². The normalized spacial score (nSPS) is 11.6. The highest BCUT2D eigenvalue weighted by Crippen LogP contribution is 2.27. The molecule has 0 unspecified atom stereocenters. The number of esters is 1. The quantitative estimate of drug-likeness (QED) is 0.432. The molecular weight excluding hydrogens is 316 g/mol. The lowest BCUT2D eigenvalue weighted by Gasteiger charge is -2.02. The van der Waals surface area contributed by atoms with Gasteiger partial charge in [0.15, 0.2) is 0 Å². The number of fused-ring (bicyclic) bond motifs is 1. The van der Waals surface area contributed by atoms with Gasteiger partial charge in [0.2, 0.25) is 0 Å². The summed E-state index contributed by atoms with van der Waals surface area (Å²) in [6.07, 6.45) is 0. The average Bonchev–Trinajstić information content (AvgIpc) is 3.18. The van der Waals surface area contributed by atoms with Gasteiger partial charge in [-0.05, 0) is 35.9 Å². The van der Waals surface area contributed by atoms with Crippen molar-refractivity contribution in [3.05, 3.63) is 51.5 Å². The molecule has 0 saturated heterocycles. The number of rotatable bonds is 4. The van der Waals surface area contributed by atoms with Crippen molar-refractivity contribution < 1.29 is 9.53 Å². The van der Waals surface area contributed by atoms with Gasteiger partial charge in [-0.1, -0.05) is 18.2 Å². The molecule has 0 spiro atoms. The molecule has 2 heterocycles. The van der Waals surface area contributed by atoms with Gasteiger partial charge in [-0.2, -0.15) is 5.10 Å². The average molecular weight is 330 g/mol. The third-order valence-corrected chi connectivity index (χ3v) is 5.28. The van der Waals surface area contributed by atoms with E-state index in [9.17, 15) is 4.79 Å². The highest BCUT2D eigenvalue weighted by atomic mass is 32.1. The van der Waals surface area contributed by atoms with Gasteiger partial charge in [0.25, 0.3) is 0 Å². The highest BCUT2D eigenvalue weighted by molar-refractivity contribution is 7.20. The summed E-state index contributed by atoms with van der Waals surface area (Å²) in [6, 6.07) is 12.2. The monoisotopic (exact) mass is 330 g/mol. The van der Waals surface area contributed by atoms with Crippen LogP contribution in [0.15, 0.2) is 46.9 Å². The molecule has 0 saturated carbocycles. The Hall–Kier alpha value is -2.18. The van der Waals surface area contributed by atoms with Crippen LogP contribution in [0, 0.1) is 0 Å². The van der Waals surface area contributed by atoms with Crippen molar-refractivity contribution in [2.75, 3.05) is 12.5 Å². The van der Waals surface area contributed by atoms with Crippen molar-refractivity contribution in [1.29, 1.82) is 0 Å². The lowest BCUT2D eigenvalue weighted by molar-refractivity contribution is 0.0607. The molecule has 3 rings (SSSR count). The Labute approximate surface area is 136 Å². The maximum absolute atomic E-state index is 11.6. The Morgan fingerprint density at radius 2 is 2.09 bits per heavy atom. The first kappa shape index (κ1) is 14.7. The third kappa shape index (κ3) is 2.88. The van der Waals surface area contributed by atoms with Crippen LogP contribution >= 0.6 is 22.7 Å². The molecule has 0 aliphatic heterocycles. The van der Waals surface area contributed by atoms with Crippen LogP contribution in [0.25, 0.3) is 10.1 Å². The van der Waals surface area contributed by atoms with E-state index in [1.807, 2.05) is 30.5 Å². The van der Waals surface area contributed by atoms with E-state index in [2.05, 4.69) is 28.7 Å². The van der Waals surface area contributed by atoms with Crippen LogP contribution in [0.5, 0.6) is 0 Å². The lowest BCUT2D eigenvalue weighted by Crippen LogP contribution is -2.03. The van der Waals surface area contributed by atoms with E-state index in [0.29, 0.717) is 10.6 Å². The summed E-state index contributed by atoms with van der Waals surface area (Å²) in [4.78, 5) is 13.3. The zero-order valence-electron chi connectivity index (χ0n) is 12.1. The van der Waals surface area contributed by atoms with Crippen molar-refractivity contribution in [2.45, 2.75) is 6.92 Å². The number of benzene rings is 1. The number of hydrogen-bond acceptors (Lipinski definition) is 6. The summed E-state index contributed by atoms with van der Waals surface area (Å²) in [7, 11) is 1.37. The second-order valence-electron chi connectivity index (χ2n) is 4.61. The second-order valence-corrected chi connectivity index (χ2v) is 6.61. The summed E-state index contributed by atoms with van der Waals surface area (Å²) in [5.74, 6) is -0.354. The summed E-state index contributed by atoms with van der Waals surface area (Å²) in [6.45, 7) is 1.95. The molecule has 2 aromatic heterocycles. The van der Waals surface area contributed by atoms with Gasteiger partial charge in [-0.15, -0.1) is 22.7 Å². The van der Waals surface area contributed by atoms with Crippen LogP contribution < -0.4 is 5.43 Å². The van der Waals surface area contributed by atoms with Crippen LogP contribution in [0.4, 0.5) is 5.69 Å². The van der Waals surface area contributed by atoms with Crippen LogP contribution in [0.2, 0.25) is 0 Å². The topological polar surface area (TPSA) is 50.7 Å². The lowest BCUT2D eigenvalue weighted by atomic mass is 10.2. The van der Waals surface area contributed by atoms with Gasteiger partial charge in [0, 0.05) is 4.70 Å². The summed E-state index contributed by atoms with van der Waals surface area (Å²) < 4.78 is 5.99. The molecule has 0 bridgehead atoms. The fraction of sp³-hybridized carbons (Fsp3) is 0.125. The van der Waals surface area contributed by atoms with Gasteiger partial charge >= 0.3 is 5.97 Å². The molecule has 0 amide bonds. The molecule has 0 radical (unpaired) electrons. The number of thiophene rings is 2. The minimum absolute atomic E-state index is 0.354. The van der Waals surface area contributed by atoms with E-state index in [1.54, 1.807) is 11.3 Å². The van der Waals surface area contributed by atoms with E-state index >= 15 is 0 Å². The van der Waals surface area contributed by atoms with Crippen molar-refractivity contribution in [2.24, 2.45) is 5.10 Å². The van der Waals surface area contributed by atoms with Crippen molar-refractivity contribution in [1.82, 2.24) is 0 Å². The first-order valence-electron chi connectivity index (χ1n) is 6.64. The summed E-state index contributed by atoms with van der Waals surface area (Å²) in [5.41, 5.74) is 4.50. The molecule has 22 heavy (non-hydrogen) atoms. The number of methoxy groups -OCH3 is 1. The predicted octanol–water partition coefficient (Wildman–Crippen LogP) is 4.59. The van der Waals surface area contributed by atoms with E-state index in [4.69, 9.17) is 4.74 Å². The number of ether oxygens (including phenoxy) is 1. The maximum atomic E-state index is 11.6. The zero-order valence-corrected chi connectivity index (χ0v) is 13.8. The number of hydrazone groups is 1. The SMILES string of the molecule is COC(=O)c1sccc1N/N=C(/C)c1cc2ccccc2s1. The van der Waals surface area contributed by atoms with E-state index in [1.165, 1.54) is 28.5 Å². The number of nitrogens with one attached hydrogen (secondary N) is 1. The summed E-state index contributed by atoms with van der Waals surface area (Å²) >= 11 is 3.03. The van der Waals surface area contributed by atoms with Crippen molar-refractivity contribution in [3.8, 4) is 0 Å². The van der Waals surface area contributed by atoms with Gasteiger partial charge in [0.05, 0.1) is 23.4 Å². The van der Waals surface area contributed by atoms with E-state index in [-0.39, 0.29) is 5.97 Å². The van der Waals surface area contributed by atoms with Gasteiger partial charge in [-0.25, -0.2) is 4.79 Å². The molecule has 0 aliphatic rings. The fourth-order valence-electron chi connectivity index (χ4n) is 2.01. The van der Waals surface area contributed by atoms with Gasteiger partial charge < -0.3 is 4.74 Å². The molecular formula is C16H14N2O2S2. The Morgan fingerprint density at radius 3 is 2.86 bits per heavy atom. The summed E-state index contributed by atoms with van der Waals surface area (Å²) in [5, 5.41) is 7.43. The molecule has 0 aliphatic carbocycles. The Morgan fingerprint density at radius 1 is 1.27 bits per heavy atom. The zero-order chi connectivity index (χ0) is 15.5. The number of carbonyl (C=O) groups excluding carboxylic acids is 1. The maximum Gasteiger partial charge on any atom is 0.350 e. The van der Waals surface area contributed by atoms with Crippen LogP contribution in [-0.4, -0.2) is 18.8 Å². The smallest absolute Gasteiger partial charge is 0.350 e. The Bertz CT molecular complexity index is 816. The molecule has 1 aromatic carbocycles. The van der Waals surface area contributed by atoms with Crippen LogP contribution in [0.3, 0.4) is 0 Å². The van der Waals surface area contributed by atoms with Crippen molar-refractivity contribution in [3.63, 3.8) is 0 Å². The Balaban J connectivity index is 1.83. The second kappa shape index (κ2) is 6.29. The third-order valence-electron chi connectivity index (χ3n) is 3.16. The molecule has 3 aromatic rings. The van der Waals surface area contributed by atoms with Gasteiger partial charge in [0.1, 0.15) is 4.88 Å². The molecule has 1 N–H and O–H groups in total. The first-order valence-corrected chi connectivity index (χ1v) is 8.33. The Kier molecular flexibility index (Phi) is 4.22. The fourth-order valence-corrected chi connectivity index (χ4v) is 3.78. The number of carbonyl (C=O) groups is 1.